The Morgan fingerprint density at radius 1 is 0.920 bits per heavy atom. The molecule has 1 aromatic rings. The fourth-order valence-corrected chi connectivity index (χ4v) is 6.81. The molecule has 4 N–H and O–H groups in total. The average Bonchev–Trinajstić information content (AvgIpc) is 3.34. The molecular formula is C37H45NO12. The van der Waals surface area contributed by atoms with Gasteiger partial charge < -0.3 is 39.6 Å². The summed E-state index contributed by atoms with van der Waals surface area (Å²) in [5.41, 5.74) is -1.33. The first-order chi connectivity index (χ1) is 23.4. The second-order valence-electron chi connectivity index (χ2n) is 13.4. The quantitative estimate of drug-likeness (QED) is 0.330. The Labute approximate surface area is 290 Å². The van der Waals surface area contributed by atoms with E-state index >= 15 is 0 Å². The number of Topliss-reactive ketones (excluding diaryl/α,β-unsaturated/α-hetero) is 2. The Hall–Kier alpha value is -4.59. The summed E-state index contributed by atoms with van der Waals surface area (Å²) in [4.78, 5) is 67.2. The van der Waals surface area contributed by atoms with Crippen LogP contribution in [0.5, 0.6) is 11.5 Å². The summed E-state index contributed by atoms with van der Waals surface area (Å²) >= 11 is 0. The van der Waals surface area contributed by atoms with Crippen molar-refractivity contribution >= 4 is 29.2 Å². The molecule has 13 heteroatoms. The summed E-state index contributed by atoms with van der Waals surface area (Å²) in [5, 5.41) is 36.1. The number of hydrogen-bond donors (Lipinski definition) is 4. The molecule has 0 radical (unpaired) electrons. The minimum Gasteiger partial charge on any atom is -0.507 e. The third kappa shape index (κ3) is 6.77. The number of esters is 1. The number of amides is 1. The van der Waals surface area contributed by atoms with Crippen molar-refractivity contribution < 1.29 is 58.2 Å². The predicted molar refractivity (Wildman–Crippen MR) is 179 cm³/mol. The van der Waals surface area contributed by atoms with E-state index in [0.29, 0.717) is 0 Å². The van der Waals surface area contributed by atoms with Gasteiger partial charge in [0.1, 0.15) is 11.5 Å². The van der Waals surface area contributed by atoms with Crippen LogP contribution in [-0.2, 0) is 23.8 Å². The maximum absolute atomic E-state index is 13.9. The van der Waals surface area contributed by atoms with Gasteiger partial charge in [-0.15, -0.1) is 0 Å². The number of methoxy groups -OCH3 is 2. The zero-order chi connectivity index (χ0) is 37.4. The SMILES string of the molecule is COC(=O)C1C(C)C(OC)/C=C\OC2(C)Oc3c(C)c(O)c4c(c3C2=O)C(=O)C=C(NC(=O)/C(C)=C\C=C/C(C)C(O)C(C)C(O)C1C)C4=O. The molecule has 13 nitrogen and oxygen atoms in total. The van der Waals surface area contributed by atoms with Gasteiger partial charge in [0, 0.05) is 43.1 Å². The van der Waals surface area contributed by atoms with Crippen LogP contribution in [0.2, 0.25) is 0 Å². The number of allylic oxidation sites excluding steroid dienone is 4. The van der Waals surface area contributed by atoms with Gasteiger partial charge in [0.2, 0.25) is 5.78 Å². The molecule has 0 spiro atoms. The normalized spacial score (nSPS) is 34.5. The number of ether oxygens (including phenoxy) is 4. The average molecular weight is 696 g/mol. The summed E-state index contributed by atoms with van der Waals surface area (Å²) in [6.07, 6.45) is 5.10. The van der Waals surface area contributed by atoms with E-state index in [9.17, 15) is 39.3 Å². The lowest BCUT2D eigenvalue weighted by Crippen LogP contribution is -2.45. The maximum Gasteiger partial charge on any atom is 0.312 e. The number of benzene rings is 1. The van der Waals surface area contributed by atoms with Crippen molar-refractivity contribution in [1.29, 1.82) is 0 Å². The van der Waals surface area contributed by atoms with Crippen LogP contribution >= 0.6 is 0 Å². The number of carbonyl (C=O) groups is 5. The van der Waals surface area contributed by atoms with Crippen molar-refractivity contribution in [1.82, 2.24) is 5.32 Å². The summed E-state index contributed by atoms with van der Waals surface area (Å²) in [7, 11) is 2.64. The molecule has 5 bridgehead atoms. The molecule has 4 aliphatic rings. The smallest absolute Gasteiger partial charge is 0.312 e. The second kappa shape index (κ2) is 14.7. The van der Waals surface area contributed by atoms with Crippen LogP contribution in [0.25, 0.3) is 0 Å². The number of phenols is 1. The Morgan fingerprint density at radius 3 is 2.20 bits per heavy atom. The first-order valence-corrected chi connectivity index (χ1v) is 16.3. The van der Waals surface area contributed by atoms with E-state index < -0.39 is 99.9 Å². The Balaban J connectivity index is 1.84. The molecule has 3 aliphatic heterocycles. The standard InChI is InChI=1S/C37H45NO12/c1-16-11-10-12-17(2)35(45)38-22-15-23(39)26-27(32(22)43)31(42)21(6)33-28(26)34(44)37(7,50-33)49-14-13-24(47-8)18(3)25(36(46)48-9)19(4)30(41)20(5)29(16)40/h10-16,18-20,24-25,29-30,40-42H,1-9H3,(H,38,45)/b11-10-,14-13-,17-12-. The number of phenolic OH excluding ortho intramolecular Hbond substituents is 1. The first kappa shape index (κ1) is 38.2. The summed E-state index contributed by atoms with van der Waals surface area (Å²) in [5.74, 6) is -10.1. The molecule has 270 valence electrons. The highest BCUT2D eigenvalue weighted by molar-refractivity contribution is 6.30. The molecule has 5 rings (SSSR count). The number of nitrogens with one attached hydrogen (secondary N) is 1. The van der Waals surface area contributed by atoms with Crippen LogP contribution in [0, 0.1) is 36.5 Å². The van der Waals surface area contributed by atoms with Crippen LogP contribution in [-0.4, -0.2) is 82.9 Å². The summed E-state index contributed by atoms with van der Waals surface area (Å²) in [6, 6.07) is 0. The molecule has 3 heterocycles. The molecule has 1 amide bonds. The van der Waals surface area contributed by atoms with Crippen molar-refractivity contribution in [2.45, 2.75) is 72.6 Å². The van der Waals surface area contributed by atoms with Crippen molar-refractivity contribution in [3.8, 4) is 11.5 Å². The number of hydrogen-bond acceptors (Lipinski definition) is 12. The van der Waals surface area contributed by atoms with E-state index in [1.165, 1.54) is 47.1 Å². The summed E-state index contributed by atoms with van der Waals surface area (Å²) in [6.45, 7) is 11.0. The van der Waals surface area contributed by atoms with Crippen LogP contribution < -0.4 is 10.1 Å². The van der Waals surface area contributed by atoms with Crippen LogP contribution in [0.1, 0.15) is 78.2 Å². The number of carbonyl (C=O) groups excluding carboxylic acids is 5. The molecule has 9 unspecified atom stereocenters. The first-order valence-electron chi connectivity index (χ1n) is 16.3. The Bertz CT molecular complexity index is 1720. The highest BCUT2D eigenvalue weighted by atomic mass is 16.7. The van der Waals surface area contributed by atoms with E-state index in [2.05, 4.69) is 5.32 Å². The van der Waals surface area contributed by atoms with Crippen molar-refractivity contribution in [3.05, 3.63) is 70.2 Å². The molecule has 1 aromatic carbocycles. The molecular weight excluding hydrogens is 650 g/mol. The molecule has 0 saturated heterocycles. The van der Waals surface area contributed by atoms with Gasteiger partial charge in [-0.05, 0) is 31.8 Å². The van der Waals surface area contributed by atoms with Crippen molar-refractivity contribution in [2.75, 3.05) is 14.2 Å². The largest absolute Gasteiger partial charge is 0.507 e. The molecule has 50 heavy (non-hydrogen) atoms. The van der Waals surface area contributed by atoms with Crippen molar-refractivity contribution in [3.63, 3.8) is 0 Å². The Kier molecular flexibility index (Phi) is 11.2. The third-order valence-electron chi connectivity index (χ3n) is 10.1. The van der Waals surface area contributed by atoms with Gasteiger partial charge in [-0.25, -0.2) is 0 Å². The van der Waals surface area contributed by atoms with Gasteiger partial charge in [0.15, 0.2) is 5.78 Å². The van der Waals surface area contributed by atoms with E-state index in [-0.39, 0.29) is 28.0 Å². The number of aromatic hydroxyl groups is 1. The van der Waals surface area contributed by atoms with E-state index in [4.69, 9.17) is 18.9 Å². The van der Waals surface area contributed by atoms with Gasteiger partial charge in [0.25, 0.3) is 11.7 Å². The number of rotatable bonds is 2. The minimum absolute atomic E-state index is 0.00579. The summed E-state index contributed by atoms with van der Waals surface area (Å²) < 4.78 is 22.5. The highest BCUT2D eigenvalue weighted by Gasteiger charge is 2.51. The van der Waals surface area contributed by atoms with E-state index in [0.717, 1.165) is 12.3 Å². The minimum atomic E-state index is -2.04. The number of fused-ring (bicyclic) bond motifs is 14. The third-order valence-corrected chi connectivity index (χ3v) is 10.1. The zero-order valence-corrected chi connectivity index (χ0v) is 29.6. The molecule has 1 aliphatic carbocycles. The van der Waals surface area contributed by atoms with E-state index in [1.54, 1.807) is 39.8 Å². The molecule has 0 saturated carbocycles. The monoisotopic (exact) mass is 695 g/mol. The number of aliphatic hydroxyl groups excluding tert-OH is 2. The second-order valence-corrected chi connectivity index (χ2v) is 13.4. The lowest BCUT2D eigenvalue weighted by atomic mass is 9.73. The van der Waals surface area contributed by atoms with Gasteiger partial charge >= 0.3 is 11.8 Å². The van der Waals surface area contributed by atoms with Gasteiger partial charge in [0.05, 0.1) is 60.0 Å². The van der Waals surface area contributed by atoms with Gasteiger partial charge in [-0.2, -0.15) is 0 Å². The molecule has 0 aromatic heterocycles. The zero-order valence-electron chi connectivity index (χ0n) is 29.6. The number of ketones is 3. The van der Waals surface area contributed by atoms with Crippen LogP contribution in [0.4, 0.5) is 0 Å². The molecule has 9 atom stereocenters. The van der Waals surface area contributed by atoms with E-state index in [1.807, 2.05) is 0 Å². The van der Waals surface area contributed by atoms with Crippen LogP contribution in [0.15, 0.2) is 47.9 Å². The highest BCUT2D eigenvalue weighted by Crippen LogP contribution is 2.48. The van der Waals surface area contributed by atoms with Crippen LogP contribution in [0.3, 0.4) is 0 Å². The lowest BCUT2D eigenvalue weighted by molar-refractivity contribution is -0.155. The van der Waals surface area contributed by atoms with Gasteiger partial charge in [-0.1, -0.05) is 45.9 Å². The molecule has 0 fully saturated rings. The maximum atomic E-state index is 13.9. The van der Waals surface area contributed by atoms with Gasteiger partial charge in [-0.3, -0.25) is 24.0 Å². The fourth-order valence-electron chi connectivity index (χ4n) is 6.81. The number of aliphatic hydroxyl groups is 2. The predicted octanol–water partition coefficient (Wildman–Crippen LogP) is 3.49. The Morgan fingerprint density at radius 2 is 1.58 bits per heavy atom. The topological polar surface area (TPSA) is 195 Å². The lowest BCUT2D eigenvalue weighted by Gasteiger charge is -2.37. The fraction of sp³-hybridized carbons (Fsp3) is 0.486. The van der Waals surface area contributed by atoms with Crippen molar-refractivity contribution in [2.24, 2.45) is 29.6 Å².